The van der Waals surface area contributed by atoms with Gasteiger partial charge in [0.2, 0.25) is 0 Å². The smallest absolute Gasteiger partial charge is 0.459 e. The summed E-state index contributed by atoms with van der Waals surface area (Å²) in [7, 11) is 0. The lowest BCUT2D eigenvalue weighted by Gasteiger charge is -2.04. The summed E-state index contributed by atoms with van der Waals surface area (Å²) in [6.45, 7) is 4.95. The molecule has 1 aromatic heterocycles. The van der Waals surface area contributed by atoms with Crippen molar-refractivity contribution in [3.8, 4) is 0 Å². The molecule has 1 N–H and O–H groups in total. The fourth-order valence-electron chi connectivity index (χ4n) is 1.00. The van der Waals surface area contributed by atoms with Crippen molar-refractivity contribution >= 4 is 12.1 Å². The molecule has 0 radical (unpaired) electrons. The van der Waals surface area contributed by atoms with E-state index in [-0.39, 0.29) is 13.2 Å². The van der Waals surface area contributed by atoms with E-state index in [0.29, 0.717) is 5.57 Å². The molecule has 6 nitrogen and oxygen atoms in total. The largest absolute Gasteiger partial charge is 0.461 e. The van der Waals surface area contributed by atoms with Crippen molar-refractivity contribution in [1.29, 1.82) is 0 Å². The minimum Gasteiger partial charge on any atom is -0.459 e. The Bertz CT molecular complexity index is 431. The van der Waals surface area contributed by atoms with E-state index in [9.17, 15) is 9.59 Å². The quantitative estimate of drug-likeness (QED) is 0.363. The van der Waals surface area contributed by atoms with Crippen molar-refractivity contribution in [2.24, 2.45) is 0 Å². The summed E-state index contributed by atoms with van der Waals surface area (Å²) >= 11 is 0. The molecule has 1 rings (SSSR count). The van der Waals surface area contributed by atoms with Crippen molar-refractivity contribution in [3.63, 3.8) is 0 Å². The molecule has 0 spiro atoms. The number of rotatable bonds is 5. The van der Waals surface area contributed by atoms with Crippen molar-refractivity contribution in [3.05, 3.63) is 42.7 Å². The molecular formula is C12H15N2O4+. The zero-order valence-electron chi connectivity index (χ0n) is 10.1. The van der Waals surface area contributed by atoms with Crippen LogP contribution in [0.4, 0.5) is 4.79 Å². The summed E-state index contributed by atoms with van der Waals surface area (Å²) in [5.74, 6) is -0.503. The number of hydrogen-bond acceptors (Lipinski definition) is 4. The summed E-state index contributed by atoms with van der Waals surface area (Å²) in [5.41, 5.74) is 2.76. The van der Waals surface area contributed by atoms with Gasteiger partial charge < -0.3 is 9.47 Å². The molecule has 0 aromatic carbocycles. The molecule has 0 saturated heterocycles. The molecular weight excluding hydrogens is 236 g/mol. The van der Waals surface area contributed by atoms with Crippen molar-refractivity contribution in [2.45, 2.75) is 6.92 Å². The first-order valence-electron chi connectivity index (χ1n) is 5.32. The summed E-state index contributed by atoms with van der Waals surface area (Å²) in [6, 6.07) is 5.34. The molecule has 96 valence electrons. The minimum absolute atomic E-state index is 0.00142. The van der Waals surface area contributed by atoms with Gasteiger partial charge in [-0.25, -0.2) is 9.59 Å². The van der Waals surface area contributed by atoms with Crippen LogP contribution >= 0.6 is 0 Å². The highest BCUT2D eigenvalue weighted by Crippen LogP contribution is 1.91. The maximum Gasteiger partial charge on any atom is 0.461 e. The van der Waals surface area contributed by atoms with Gasteiger partial charge in [0.05, 0.1) is 0 Å². The summed E-state index contributed by atoms with van der Waals surface area (Å²) in [4.78, 5) is 22.3. The van der Waals surface area contributed by atoms with Gasteiger partial charge >= 0.3 is 12.1 Å². The number of carbonyl (C=O) groups excluding carboxylic acids is 2. The van der Waals surface area contributed by atoms with E-state index < -0.39 is 12.1 Å². The van der Waals surface area contributed by atoms with Crippen LogP contribution in [0.25, 0.3) is 0 Å². The molecule has 0 bridgehead atoms. The van der Waals surface area contributed by atoms with Crippen molar-refractivity contribution in [2.75, 3.05) is 18.6 Å². The number of carbonyl (C=O) groups is 2. The predicted molar refractivity (Wildman–Crippen MR) is 63.1 cm³/mol. The second-order valence-electron chi connectivity index (χ2n) is 3.45. The van der Waals surface area contributed by atoms with Gasteiger partial charge in [-0.1, -0.05) is 22.7 Å². The molecule has 0 saturated carbocycles. The fraction of sp³-hybridized carbons (Fsp3) is 0.250. The average Bonchev–Trinajstić information content (AvgIpc) is 2.35. The Hall–Kier alpha value is -2.37. The van der Waals surface area contributed by atoms with Crippen LogP contribution in [0.15, 0.2) is 42.7 Å². The third kappa shape index (κ3) is 5.11. The standard InChI is InChI=1S/C12H14N2O4/c1-10(2)11(15)17-8-9-18-12(16)13-14-6-4-3-5-7-14/h3-7H,1,8-9H2,2H3/p+1. The molecule has 1 amide bonds. The summed E-state index contributed by atoms with van der Waals surface area (Å²) < 4.78 is 11.0. The van der Waals surface area contributed by atoms with E-state index in [2.05, 4.69) is 12.0 Å². The van der Waals surface area contributed by atoms with Gasteiger partial charge in [-0.05, 0) is 6.92 Å². The first-order valence-corrected chi connectivity index (χ1v) is 5.32. The monoisotopic (exact) mass is 251 g/mol. The van der Waals surface area contributed by atoms with Crippen LogP contribution < -0.4 is 10.1 Å². The average molecular weight is 251 g/mol. The molecule has 1 aromatic rings. The topological polar surface area (TPSA) is 68.5 Å². The number of pyridine rings is 1. The molecule has 0 fully saturated rings. The Morgan fingerprint density at radius 3 is 2.39 bits per heavy atom. The van der Waals surface area contributed by atoms with Crippen LogP contribution in [0, 0.1) is 0 Å². The fourth-order valence-corrected chi connectivity index (χ4v) is 1.00. The van der Waals surface area contributed by atoms with Gasteiger partial charge in [-0.2, -0.15) is 0 Å². The zero-order valence-corrected chi connectivity index (χ0v) is 10.1. The Labute approximate surface area is 105 Å². The number of ether oxygens (including phenoxy) is 2. The normalized spacial score (nSPS) is 9.39. The maximum absolute atomic E-state index is 11.3. The minimum atomic E-state index is -0.627. The third-order valence-corrected chi connectivity index (χ3v) is 1.83. The van der Waals surface area contributed by atoms with E-state index in [1.165, 1.54) is 4.68 Å². The lowest BCUT2D eigenvalue weighted by Crippen LogP contribution is -2.47. The van der Waals surface area contributed by atoms with Gasteiger partial charge in [-0.15, -0.1) is 0 Å². The molecule has 0 aliphatic heterocycles. The van der Waals surface area contributed by atoms with Gasteiger partial charge in [-0.3, -0.25) is 0 Å². The van der Waals surface area contributed by atoms with Crippen LogP contribution in [0.5, 0.6) is 0 Å². The third-order valence-electron chi connectivity index (χ3n) is 1.83. The van der Waals surface area contributed by atoms with E-state index in [0.717, 1.165) is 0 Å². The molecule has 18 heavy (non-hydrogen) atoms. The maximum atomic E-state index is 11.3. The predicted octanol–water partition coefficient (Wildman–Crippen LogP) is 0.773. The number of amides is 1. The Morgan fingerprint density at radius 2 is 1.78 bits per heavy atom. The van der Waals surface area contributed by atoms with Gasteiger partial charge in [0, 0.05) is 17.7 Å². The Balaban J connectivity index is 2.18. The lowest BCUT2D eigenvalue weighted by molar-refractivity contribution is -0.642. The Morgan fingerprint density at radius 1 is 1.17 bits per heavy atom. The van der Waals surface area contributed by atoms with Crippen LogP contribution in [0.1, 0.15) is 6.92 Å². The van der Waals surface area contributed by atoms with Crippen molar-refractivity contribution in [1.82, 2.24) is 0 Å². The molecule has 0 aliphatic carbocycles. The van der Waals surface area contributed by atoms with Gasteiger partial charge in [0.1, 0.15) is 13.2 Å². The first-order chi connectivity index (χ1) is 8.59. The number of aromatic nitrogens is 1. The molecule has 6 heteroatoms. The number of hydrogen-bond donors (Lipinski definition) is 1. The highest BCUT2D eigenvalue weighted by atomic mass is 16.6. The number of nitrogens with zero attached hydrogens (tertiary/aromatic N) is 1. The highest BCUT2D eigenvalue weighted by molar-refractivity contribution is 5.86. The molecule has 1 heterocycles. The second kappa shape index (κ2) is 7.05. The molecule has 0 aliphatic rings. The van der Waals surface area contributed by atoms with Crippen LogP contribution in [-0.2, 0) is 14.3 Å². The Kier molecular flexibility index (Phi) is 5.37. The number of nitrogens with one attached hydrogen (secondary N) is 1. The van der Waals surface area contributed by atoms with E-state index in [1.54, 1.807) is 31.5 Å². The number of esters is 1. The van der Waals surface area contributed by atoms with Gasteiger partial charge in [0.25, 0.3) is 0 Å². The van der Waals surface area contributed by atoms with E-state index in [1.807, 2.05) is 6.07 Å². The van der Waals surface area contributed by atoms with Crippen LogP contribution in [0.2, 0.25) is 0 Å². The van der Waals surface area contributed by atoms with E-state index >= 15 is 0 Å². The first kappa shape index (κ1) is 13.7. The second-order valence-corrected chi connectivity index (χ2v) is 3.45. The lowest BCUT2D eigenvalue weighted by atomic mass is 10.4. The zero-order chi connectivity index (χ0) is 13.4. The molecule has 0 unspecified atom stereocenters. The van der Waals surface area contributed by atoms with Crippen molar-refractivity contribution < 1.29 is 23.7 Å². The summed E-state index contributed by atoms with van der Waals surface area (Å²) in [5, 5.41) is 0. The van der Waals surface area contributed by atoms with Crippen LogP contribution in [0.3, 0.4) is 0 Å². The van der Waals surface area contributed by atoms with E-state index in [4.69, 9.17) is 9.47 Å². The molecule has 0 atom stereocenters. The van der Waals surface area contributed by atoms with Crippen LogP contribution in [-0.4, -0.2) is 25.3 Å². The highest BCUT2D eigenvalue weighted by Gasteiger charge is 2.08. The SMILES string of the molecule is C=C(C)C(=O)OCCOC(=O)N[n+]1ccccc1. The van der Waals surface area contributed by atoms with Gasteiger partial charge in [0.15, 0.2) is 12.4 Å². The summed E-state index contributed by atoms with van der Waals surface area (Å²) in [6.07, 6.45) is 2.68.